The molecule has 0 saturated heterocycles. The van der Waals surface area contributed by atoms with E-state index in [4.69, 9.17) is 9.47 Å². The molecule has 2 heteroatoms. The highest BCUT2D eigenvalue weighted by Crippen LogP contribution is 2.06. The van der Waals surface area contributed by atoms with Crippen LogP contribution in [0, 0.1) is 0 Å². The van der Waals surface area contributed by atoms with Gasteiger partial charge >= 0.3 is 0 Å². The summed E-state index contributed by atoms with van der Waals surface area (Å²) in [5.41, 5.74) is 0. The van der Waals surface area contributed by atoms with Crippen molar-refractivity contribution >= 4 is 0 Å². The highest BCUT2D eigenvalue weighted by Gasteiger charge is 2.07. The van der Waals surface area contributed by atoms with Crippen molar-refractivity contribution in [3.05, 3.63) is 24.3 Å². The monoisotopic (exact) mass is 282 g/mol. The first-order valence-corrected chi connectivity index (χ1v) is 8.34. The first-order chi connectivity index (χ1) is 9.85. The predicted molar refractivity (Wildman–Crippen MR) is 88.2 cm³/mol. The zero-order chi connectivity index (χ0) is 14.9. The van der Waals surface area contributed by atoms with Crippen LogP contribution >= 0.6 is 0 Å². The van der Waals surface area contributed by atoms with Crippen molar-refractivity contribution in [3.63, 3.8) is 0 Å². The maximum absolute atomic E-state index is 5.88. The molecule has 0 saturated carbocycles. The minimum atomic E-state index is 0.237. The fourth-order valence-corrected chi connectivity index (χ4v) is 1.81. The van der Waals surface area contributed by atoms with Gasteiger partial charge in [-0.2, -0.15) is 0 Å². The Morgan fingerprint density at radius 2 is 1.45 bits per heavy atom. The van der Waals surface area contributed by atoms with Gasteiger partial charge in [-0.25, -0.2) is 0 Å². The van der Waals surface area contributed by atoms with Gasteiger partial charge in [-0.15, -0.1) is 0 Å². The first-order valence-electron chi connectivity index (χ1n) is 8.34. The molecule has 0 aromatic heterocycles. The van der Waals surface area contributed by atoms with Gasteiger partial charge in [-0.1, -0.05) is 70.8 Å². The van der Waals surface area contributed by atoms with Gasteiger partial charge in [0.2, 0.25) is 0 Å². The zero-order valence-corrected chi connectivity index (χ0v) is 13.8. The minimum absolute atomic E-state index is 0.237. The van der Waals surface area contributed by atoms with E-state index in [2.05, 4.69) is 45.1 Å². The van der Waals surface area contributed by atoms with E-state index < -0.39 is 0 Å². The Kier molecular flexibility index (Phi) is 16.0. The standard InChI is InChI=1S/C18H34O2/c1-4-7-10-12-15-19-17-18(14-9-6-3)20-16-13-11-8-5-2/h10-13,18H,4-9,14-17H2,1-3H3. The van der Waals surface area contributed by atoms with Crippen LogP contribution in [0.4, 0.5) is 0 Å². The Bertz CT molecular complexity index is 234. The van der Waals surface area contributed by atoms with Gasteiger partial charge in [0.15, 0.2) is 0 Å². The third-order valence-electron chi connectivity index (χ3n) is 3.07. The Labute approximate surface area is 126 Å². The van der Waals surface area contributed by atoms with E-state index in [0.29, 0.717) is 19.8 Å². The molecule has 0 spiro atoms. The number of rotatable bonds is 14. The van der Waals surface area contributed by atoms with Gasteiger partial charge in [0, 0.05) is 0 Å². The van der Waals surface area contributed by atoms with E-state index in [1.54, 1.807) is 0 Å². The predicted octanol–water partition coefficient (Wildman–Crippen LogP) is 5.29. The summed E-state index contributed by atoms with van der Waals surface area (Å²) >= 11 is 0. The molecule has 0 amide bonds. The fourth-order valence-electron chi connectivity index (χ4n) is 1.81. The number of allylic oxidation sites excluding steroid dienone is 2. The molecule has 0 fully saturated rings. The van der Waals surface area contributed by atoms with Crippen molar-refractivity contribution in [1.29, 1.82) is 0 Å². The second kappa shape index (κ2) is 16.5. The van der Waals surface area contributed by atoms with Crippen LogP contribution < -0.4 is 0 Å². The van der Waals surface area contributed by atoms with E-state index in [9.17, 15) is 0 Å². The highest BCUT2D eigenvalue weighted by atomic mass is 16.5. The van der Waals surface area contributed by atoms with Crippen LogP contribution in [0.15, 0.2) is 24.3 Å². The molecule has 1 atom stereocenters. The van der Waals surface area contributed by atoms with Crippen molar-refractivity contribution in [2.45, 2.75) is 71.8 Å². The summed E-state index contributed by atoms with van der Waals surface area (Å²) < 4.78 is 11.6. The molecule has 0 N–H and O–H groups in total. The maximum atomic E-state index is 5.88. The summed E-state index contributed by atoms with van der Waals surface area (Å²) in [4.78, 5) is 0. The summed E-state index contributed by atoms with van der Waals surface area (Å²) in [5.74, 6) is 0. The average Bonchev–Trinajstić information content (AvgIpc) is 2.47. The lowest BCUT2D eigenvalue weighted by atomic mass is 10.2. The third-order valence-corrected chi connectivity index (χ3v) is 3.07. The normalized spacial score (nSPS) is 13.6. The molecule has 0 aromatic rings. The zero-order valence-electron chi connectivity index (χ0n) is 13.8. The van der Waals surface area contributed by atoms with Crippen LogP contribution in [-0.2, 0) is 9.47 Å². The molecule has 1 unspecified atom stereocenters. The van der Waals surface area contributed by atoms with Gasteiger partial charge in [-0.05, 0) is 19.3 Å². The van der Waals surface area contributed by atoms with Crippen molar-refractivity contribution in [2.75, 3.05) is 19.8 Å². The fraction of sp³-hybridized carbons (Fsp3) is 0.778. The van der Waals surface area contributed by atoms with Crippen LogP contribution in [0.25, 0.3) is 0 Å². The van der Waals surface area contributed by atoms with Gasteiger partial charge in [0.25, 0.3) is 0 Å². The summed E-state index contributed by atoms with van der Waals surface area (Å²) in [7, 11) is 0. The Morgan fingerprint density at radius 1 is 0.800 bits per heavy atom. The quantitative estimate of drug-likeness (QED) is 0.318. The van der Waals surface area contributed by atoms with E-state index in [1.165, 1.54) is 25.7 Å². The lowest BCUT2D eigenvalue weighted by Crippen LogP contribution is -2.20. The number of hydrogen-bond acceptors (Lipinski definition) is 2. The van der Waals surface area contributed by atoms with Crippen molar-refractivity contribution in [3.8, 4) is 0 Å². The Morgan fingerprint density at radius 3 is 2.05 bits per heavy atom. The molecule has 0 bridgehead atoms. The largest absolute Gasteiger partial charge is 0.375 e. The first kappa shape index (κ1) is 19.4. The second-order valence-electron chi connectivity index (χ2n) is 5.16. The molecular formula is C18H34O2. The van der Waals surface area contributed by atoms with E-state index >= 15 is 0 Å². The SMILES string of the molecule is CCCC=CCOCC(CCCC)OCC=CCCC. The highest BCUT2D eigenvalue weighted by molar-refractivity contribution is 4.82. The lowest BCUT2D eigenvalue weighted by Gasteiger charge is -2.16. The summed E-state index contributed by atoms with van der Waals surface area (Å²) in [6.07, 6.45) is 17.1. The molecule has 0 heterocycles. The lowest BCUT2D eigenvalue weighted by molar-refractivity contribution is -0.00342. The molecule has 0 rings (SSSR count). The van der Waals surface area contributed by atoms with Crippen molar-refractivity contribution < 1.29 is 9.47 Å². The smallest absolute Gasteiger partial charge is 0.0812 e. The van der Waals surface area contributed by atoms with Gasteiger partial charge in [-0.3, -0.25) is 0 Å². The molecule has 0 aliphatic heterocycles. The number of ether oxygens (including phenoxy) is 2. The molecule has 2 nitrogen and oxygen atoms in total. The molecule has 118 valence electrons. The summed E-state index contributed by atoms with van der Waals surface area (Å²) in [6, 6.07) is 0. The molecule has 20 heavy (non-hydrogen) atoms. The van der Waals surface area contributed by atoms with Crippen molar-refractivity contribution in [2.24, 2.45) is 0 Å². The third kappa shape index (κ3) is 13.8. The average molecular weight is 282 g/mol. The topological polar surface area (TPSA) is 18.5 Å². The summed E-state index contributed by atoms with van der Waals surface area (Å²) in [5, 5.41) is 0. The summed E-state index contributed by atoms with van der Waals surface area (Å²) in [6.45, 7) is 8.72. The van der Waals surface area contributed by atoms with E-state index in [0.717, 1.165) is 19.3 Å². The van der Waals surface area contributed by atoms with Gasteiger partial charge < -0.3 is 9.47 Å². The molecule has 0 aliphatic carbocycles. The van der Waals surface area contributed by atoms with Crippen LogP contribution in [0.5, 0.6) is 0 Å². The minimum Gasteiger partial charge on any atom is -0.375 e. The van der Waals surface area contributed by atoms with E-state index in [1.807, 2.05) is 0 Å². The van der Waals surface area contributed by atoms with Crippen LogP contribution in [0.3, 0.4) is 0 Å². The molecule has 0 aliphatic rings. The van der Waals surface area contributed by atoms with Gasteiger partial charge in [0.05, 0.1) is 25.9 Å². The van der Waals surface area contributed by atoms with Crippen LogP contribution in [0.2, 0.25) is 0 Å². The Balaban J connectivity index is 3.77. The van der Waals surface area contributed by atoms with Crippen molar-refractivity contribution in [1.82, 2.24) is 0 Å². The molecule has 0 aromatic carbocycles. The van der Waals surface area contributed by atoms with Gasteiger partial charge in [0.1, 0.15) is 0 Å². The number of hydrogen-bond donors (Lipinski definition) is 0. The molecule has 0 radical (unpaired) electrons. The Hall–Kier alpha value is -0.600. The number of unbranched alkanes of at least 4 members (excludes halogenated alkanes) is 3. The van der Waals surface area contributed by atoms with Crippen LogP contribution in [0.1, 0.15) is 65.7 Å². The van der Waals surface area contributed by atoms with Crippen LogP contribution in [-0.4, -0.2) is 25.9 Å². The maximum Gasteiger partial charge on any atom is 0.0812 e. The second-order valence-corrected chi connectivity index (χ2v) is 5.16. The molecular weight excluding hydrogens is 248 g/mol. The van der Waals surface area contributed by atoms with E-state index in [-0.39, 0.29) is 6.10 Å².